The van der Waals surface area contributed by atoms with Gasteiger partial charge in [-0.25, -0.2) is 9.07 Å². The number of rotatable bonds is 3. The van der Waals surface area contributed by atoms with Gasteiger partial charge < -0.3 is 10.6 Å². The first kappa shape index (κ1) is 15.2. The number of alkyl halides is 1. The summed E-state index contributed by atoms with van der Waals surface area (Å²) in [4.78, 5) is 25.1. The molecule has 120 valence electrons. The van der Waals surface area contributed by atoms with Gasteiger partial charge in [0.2, 0.25) is 5.91 Å². The van der Waals surface area contributed by atoms with E-state index in [-0.39, 0.29) is 13.0 Å². The van der Waals surface area contributed by atoms with Crippen LogP contribution in [0.5, 0.6) is 0 Å². The second-order valence-corrected chi connectivity index (χ2v) is 5.72. The normalized spacial score (nSPS) is 20.7. The van der Waals surface area contributed by atoms with Crippen LogP contribution in [0.15, 0.2) is 36.7 Å². The maximum absolute atomic E-state index is 13.5. The van der Waals surface area contributed by atoms with Crippen LogP contribution < -0.4 is 5.73 Å². The monoisotopic (exact) mass is 316 g/mol. The lowest BCUT2D eigenvalue weighted by molar-refractivity contribution is -0.121. The van der Waals surface area contributed by atoms with Crippen molar-refractivity contribution < 1.29 is 14.0 Å². The molecule has 23 heavy (non-hydrogen) atoms. The van der Waals surface area contributed by atoms with Gasteiger partial charge >= 0.3 is 0 Å². The Morgan fingerprint density at radius 2 is 2.00 bits per heavy atom. The van der Waals surface area contributed by atoms with E-state index in [2.05, 4.69) is 5.10 Å². The average Bonchev–Trinajstić information content (AvgIpc) is 3.13. The van der Waals surface area contributed by atoms with Crippen molar-refractivity contribution in [2.24, 2.45) is 5.73 Å². The number of nitrogens with zero attached hydrogens (tertiary/aromatic N) is 3. The summed E-state index contributed by atoms with van der Waals surface area (Å²) in [5, 5.41) is 4.19. The van der Waals surface area contributed by atoms with Gasteiger partial charge in [0.05, 0.1) is 18.4 Å². The predicted octanol–water partition coefficient (Wildman–Crippen LogP) is 1.22. The minimum Gasteiger partial charge on any atom is -0.368 e. The van der Waals surface area contributed by atoms with Crippen molar-refractivity contribution in [1.29, 1.82) is 0 Å². The highest BCUT2D eigenvalue weighted by Gasteiger charge is 2.38. The zero-order valence-electron chi connectivity index (χ0n) is 12.6. The van der Waals surface area contributed by atoms with Crippen molar-refractivity contribution in [3.8, 4) is 5.69 Å². The molecule has 2 heterocycles. The van der Waals surface area contributed by atoms with Gasteiger partial charge in [0.15, 0.2) is 0 Å². The van der Waals surface area contributed by atoms with Crippen LogP contribution in [0.3, 0.4) is 0 Å². The Balaban J connectivity index is 1.81. The van der Waals surface area contributed by atoms with Crippen molar-refractivity contribution in [2.75, 3.05) is 6.54 Å². The topological polar surface area (TPSA) is 81.2 Å². The summed E-state index contributed by atoms with van der Waals surface area (Å²) in [6.45, 7) is 1.83. The minimum atomic E-state index is -1.22. The molecule has 2 amide bonds. The van der Waals surface area contributed by atoms with E-state index >= 15 is 0 Å². The second-order valence-electron chi connectivity index (χ2n) is 5.72. The second kappa shape index (κ2) is 5.83. The smallest absolute Gasteiger partial charge is 0.254 e. The molecule has 2 N–H and O–H groups in total. The van der Waals surface area contributed by atoms with Gasteiger partial charge in [0.25, 0.3) is 5.91 Å². The number of amides is 2. The number of hydrogen-bond acceptors (Lipinski definition) is 3. The van der Waals surface area contributed by atoms with Crippen LogP contribution in [-0.4, -0.2) is 45.3 Å². The van der Waals surface area contributed by atoms with Gasteiger partial charge in [0, 0.05) is 18.2 Å². The summed E-state index contributed by atoms with van der Waals surface area (Å²) < 4.78 is 15.2. The maximum atomic E-state index is 13.5. The molecule has 1 aromatic heterocycles. The number of carbonyl (C=O) groups excluding carboxylic acids is 2. The zero-order chi connectivity index (χ0) is 16.6. The molecule has 1 aromatic carbocycles. The lowest BCUT2D eigenvalue weighted by Gasteiger charge is -2.21. The molecule has 1 aliphatic heterocycles. The third-order valence-corrected chi connectivity index (χ3v) is 3.93. The SMILES string of the molecule is Cc1cnn(-c2ccc(C(=O)N3C[C@H](F)C[C@H]3C(N)=O)cc2)c1. The summed E-state index contributed by atoms with van der Waals surface area (Å²) in [5.41, 5.74) is 7.48. The summed E-state index contributed by atoms with van der Waals surface area (Å²) in [7, 11) is 0. The van der Waals surface area contributed by atoms with Crippen molar-refractivity contribution >= 4 is 11.8 Å². The van der Waals surface area contributed by atoms with Crippen LogP contribution in [0.2, 0.25) is 0 Å². The largest absolute Gasteiger partial charge is 0.368 e. The van der Waals surface area contributed by atoms with E-state index in [1.165, 1.54) is 4.90 Å². The molecule has 0 aliphatic carbocycles. The van der Waals surface area contributed by atoms with E-state index < -0.39 is 24.0 Å². The molecule has 0 unspecified atom stereocenters. The molecule has 1 aliphatic rings. The van der Waals surface area contributed by atoms with Crippen LogP contribution >= 0.6 is 0 Å². The Bertz CT molecular complexity index is 741. The van der Waals surface area contributed by atoms with Crippen LogP contribution in [0.4, 0.5) is 4.39 Å². The fourth-order valence-electron chi connectivity index (χ4n) is 2.76. The molecule has 2 aromatic rings. The molecule has 0 bridgehead atoms. The summed E-state index contributed by atoms with van der Waals surface area (Å²) >= 11 is 0. The third kappa shape index (κ3) is 2.94. The number of carbonyl (C=O) groups is 2. The van der Waals surface area contributed by atoms with E-state index in [0.717, 1.165) is 11.3 Å². The standard InChI is InChI=1S/C16H17FN4O2/c1-10-7-19-21(8-10)13-4-2-11(3-5-13)16(23)20-9-12(17)6-14(20)15(18)22/h2-5,7-8,12,14H,6,9H2,1H3,(H2,18,22)/t12-,14+/m1/s1. The first-order valence-electron chi connectivity index (χ1n) is 7.32. The number of benzene rings is 1. The Morgan fingerprint density at radius 1 is 1.30 bits per heavy atom. The molecular weight excluding hydrogens is 299 g/mol. The summed E-state index contributed by atoms with van der Waals surface area (Å²) in [6, 6.07) is 5.89. The average molecular weight is 316 g/mol. The number of halogens is 1. The first-order chi connectivity index (χ1) is 11.0. The molecule has 0 saturated carbocycles. The first-order valence-corrected chi connectivity index (χ1v) is 7.32. The van der Waals surface area contributed by atoms with E-state index in [1.54, 1.807) is 35.1 Å². The molecule has 3 rings (SSSR count). The van der Waals surface area contributed by atoms with Crippen molar-refractivity contribution in [2.45, 2.75) is 25.6 Å². The van der Waals surface area contributed by atoms with Crippen molar-refractivity contribution in [3.63, 3.8) is 0 Å². The molecule has 1 saturated heterocycles. The van der Waals surface area contributed by atoms with Gasteiger partial charge in [-0.1, -0.05) is 0 Å². The summed E-state index contributed by atoms with van der Waals surface area (Å²) in [6.07, 6.45) is 2.35. The maximum Gasteiger partial charge on any atom is 0.254 e. The van der Waals surface area contributed by atoms with Gasteiger partial charge in [-0.15, -0.1) is 0 Å². The lowest BCUT2D eigenvalue weighted by atomic mass is 10.1. The predicted molar refractivity (Wildman–Crippen MR) is 81.8 cm³/mol. The Labute approximate surface area is 132 Å². The number of hydrogen-bond donors (Lipinski definition) is 1. The van der Waals surface area contributed by atoms with Gasteiger partial charge in [0.1, 0.15) is 12.2 Å². The lowest BCUT2D eigenvalue weighted by Crippen LogP contribution is -2.43. The molecule has 7 heteroatoms. The van der Waals surface area contributed by atoms with E-state index in [0.29, 0.717) is 5.56 Å². The highest BCUT2D eigenvalue weighted by molar-refractivity contribution is 5.97. The van der Waals surface area contributed by atoms with Crippen LogP contribution in [0.1, 0.15) is 22.3 Å². The number of aromatic nitrogens is 2. The Morgan fingerprint density at radius 3 is 2.57 bits per heavy atom. The van der Waals surface area contributed by atoms with Crippen molar-refractivity contribution in [1.82, 2.24) is 14.7 Å². The van der Waals surface area contributed by atoms with Crippen LogP contribution in [0.25, 0.3) is 5.69 Å². The molecule has 6 nitrogen and oxygen atoms in total. The molecule has 1 fully saturated rings. The number of nitrogens with two attached hydrogens (primary N) is 1. The molecule has 2 atom stereocenters. The highest BCUT2D eigenvalue weighted by atomic mass is 19.1. The van der Waals surface area contributed by atoms with Gasteiger partial charge in [-0.05, 0) is 36.8 Å². The van der Waals surface area contributed by atoms with Crippen molar-refractivity contribution in [3.05, 3.63) is 47.8 Å². The van der Waals surface area contributed by atoms with Gasteiger partial charge in [-0.3, -0.25) is 9.59 Å². The van der Waals surface area contributed by atoms with Crippen LogP contribution in [-0.2, 0) is 4.79 Å². The minimum absolute atomic E-state index is 0.0360. The van der Waals surface area contributed by atoms with E-state index in [4.69, 9.17) is 5.73 Å². The number of primary amides is 1. The fraction of sp³-hybridized carbons (Fsp3) is 0.312. The number of aryl methyl sites for hydroxylation is 1. The Kier molecular flexibility index (Phi) is 3.85. The molecule has 0 spiro atoms. The van der Waals surface area contributed by atoms with Gasteiger partial charge in [-0.2, -0.15) is 5.10 Å². The van der Waals surface area contributed by atoms with E-state index in [9.17, 15) is 14.0 Å². The quantitative estimate of drug-likeness (QED) is 0.924. The molecule has 0 radical (unpaired) electrons. The van der Waals surface area contributed by atoms with E-state index in [1.807, 2.05) is 13.1 Å². The zero-order valence-corrected chi connectivity index (χ0v) is 12.6. The Hall–Kier alpha value is -2.70. The molecular formula is C16H17FN4O2. The summed E-state index contributed by atoms with van der Waals surface area (Å²) in [5.74, 6) is -1.07. The fourth-order valence-corrected chi connectivity index (χ4v) is 2.76. The van der Waals surface area contributed by atoms with Crippen LogP contribution in [0, 0.1) is 6.92 Å². The number of likely N-dealkylation sites (tertiary alicyclic amines) is 1. The third-order valence-electron chi connectivity index (χ3n) is 3.93. The highest BCUT2D eigenvalue weighted by Crippen LogP contribution is 2.23.